The fourth-order valence-electron chi connectivity index (χ4n) is 2.33. The van der Waals surface area contributed by atoms with E-state index in [4.69, 9.17) is 4.74 Å². The monoisotopic (exact) mass is 446 g/mol. The molecule has 2 N–H and O–H groups in total. The first-order valence-corrected chi connectivity index (χ1v) is 7.71. The van der Waals surface area contributed by atoms with Crippen molar-refractivity contribution in [2.24, 2.45) is 10.4 Å². The second-order valence-corrected chi connectivity index (χ2v) is 6.44. The van der Waals surface area contributed by atoms with E-state index >= 15 is 0 Å². The van der Waals surface area contributed by atoms with Crippen molar-refractivity contribution >= 4 is 35.6 Å². The van der Waals surface area contributed by atoms with Gasteiger partial charge in [-0.2, -0.15) is 0 Å². The smallest absolute Gasteiger partial charge is 0.191 e. The van der Waals surface area contributed by atoms with Crippen LogP contribution in [0.25, 0.3) is 5.65 Å². The van der Waals surface area contributed by atoms with Gasteiger partial charge in [-0.15, -0.1) is 34.2 Å². The molecule has 8 heteroatoms. The number of aromatic nitrogens is 3. The zero-order valence-electron chi connectivity index (χ0n) is 14.9. The van der Waals surface area contributed by atoms with Gasteiger partial charge in [-0.05, 0) is 17.5 Å². The Morgan fingerprint density at radius 1 is 1.29 bits per heavy atom. The number of rotatable bonds is 5. The van der Waals surface area contributed by atoms with E-state index in [1.165, 1.54) is 0 Å². The van der Waals surface area contributed by atoms with Gasteiger partial charge in [-0.25, -0.2) is 0 Å². The maximum Gasteiger partial charge on any atom is 0.191 e. The molecule has 1 atom stereocenters. The van der Waals surface area contributed by atoms with Gasteiger partial charge in [0.25, 0.3) is 0 Å². The van der Waals surface area contributed by atoms with Crippen molar-refractivity contribution in [3.63, 3.8) is 0 Å². The Morgan fingerprint density at radius 2 is 2.04 bits per heavy atom. The summed E-state index contributed by atoms with van der Waals surface area (Å²) < 4.78 is 7.50. The number of pyridine rings is 1. The number of nitrogens with one attached hydrogen (secondary N) is 2. The molecule has 2 heterocycles. The lowest BCUT2D eigenvalue weighted by atomic mass is 9.89. The summed E-state index contributed by atoms with van der Waals surface area (Å²) in [5, 5.41) is 14.9. The van der Waals surface area contributed by atoms with Crippen molar-refractivity contribution in [1.29, 1.82) is 0 Å². The minimum atomic E-state index is 0. The molecule has 0 fully saturated rings. The van der Waals surface area contributed by atoms with Gasteiger partial charge in [-0.3, -0.25) is 9.39 Å². The number of guanidine groups is 1. The van der Waals surface area contributed by atoms with E-state index in [0.717, 1.165) is 11.5 Å². The number of nitrogens with zero attached hydrogens (tertiary/aromatic N) is 4. The molecule has 0 saturated heterocycles. The summed E-state index contributed by atoms with van der Waals surface area (Å²) >= 11 is 0. The summed E-state index contributed by atoms with van der Waals surface area (Å²) in [4.78, 5) is 4.24. The van der Waals surface area contributed by atoms with Gasteiger partial charge in [-0.1, -0.05) is 26.8 Å². The highest BCUT2D eigenvalue weighted by molar-refractivity contribution is 14.0. The highest BCUT2D eigenvalue weighted by Crippen LogP contribution is 2.20. The lowest BCUT2D eigenvalue weighted by Gasteiger charge is -2.30. The standard InChI is InChI=1S/C16H26N6O.HI/c1-16(2,3)12(23-5)10-18-15(17-4)19-11-14-21-20-13-8-6-7-9-22(13)14;/h6-9,12H,10-11H2,1-5H3,(H2,17,18,19);1H. The Hall–Kier alpha value is -1.42. The van der Waals surface area contributed by atoms with E-state index in [0.29, 0.717) is 19.0 Å². The van der Waals surface area contributed by atoms with E-state index in [-0.39, 0.29) is 35.5 Å². The van der Waals surface area contributed by atoms with E-state index < -0.39 is 0 Å². The van der Waals surface area contributed by atoms with Crippen molar-refractivity contribution in [2.45, 2.75) is 33.4 Å². The van der Waals surface area contributed by atoms with Crippen molar-refractivity contribution in [3.8, 4) is 0 Å². The molecule has 1 unspecified atom stereocenters. The largest absolute Gasteiger partial charge is 0.379 e. The van der Waals surface area contributed by atoms with Crippen LogP contribution < -0.4 is 10.6 Å². The number of fused-ring (bicyclic) bond motifs is 1. The molecule has 134 valence electrons. The Bertz CT molecular complexity index is 664. The maximum atomic E-state index is 5.55. The molecule has 0 aromatic carbocycles. The number of halogens is 1. The number of aliphatic imine (C=N–C) groups is 1. The molecule has 0 saturated carbocycles. The molecule has 0 aliphatic carbocycles. The van der Waals surface area contributed by atoms with Crippen LogP contribution in [0.15, 0.2) is 29.4 Å². The number of methoxy groups -OCH3 is 1. The molecule has 0 spiro atoms. The highest BCUT2D eigenvalue weighted by atomic mass is 127. The van der Waals surface area contributed by atoms with Crippen molar-refractivity contribution in [3.05, 3.63) is 30.2 Å². The molecular formula is C16H27IN6O. The topological polar surface area (TPSA) is 75.8 Å². The molecule has 2 rings (SSSR count). The van der Waals surface area contributed by atoms with E-state index in [1.54, 1.807) is 14.2 Å². The van der Waals surface area contributed by atoms with Gasteiger partial charge in [0.2, 0.25) is 0 Å². The van der Waals surface area contributed by atoms with E-state index in [9.17, 15) is 0 Å². The zero-order valence-corrected chi connectivity index (χ0v) is 17.2. The summed E-state index contributed by atoms with van der Waals surface area (Å²) in [5.74, 6) is 1.55. The van der Waals surface area contributed by atoms with Crippen LogP contribution in [-0.4, -0.2) is 47.4 Å². The number of ether oxygens (including phenoxy) is 1. The molecule has 0 bridgehead atoms. The van der Waals surface area contributed by atoms with Gasteiger partial charge in [0, 0.05) is 26.9 Å². The first-order chi connectivity index (χ1) is 11.0. The van der Waals surface area contributed by atoms with Crippen LogP contribution in [0.4, 0.5) is 0 Å². The summed E-state index contributed by atoms with van der Waals surface area (Å²) in [7, 11) is 3.48. The molecule has 0 aliphatic heterocycles. The average molecular weight is 446 g/mol. The Labute approximate surface area is 160 Å². The first kappa shape index (κ1) is 20.6. The maximum absolute atomic E-state index is 5.55. The summed E-state index contributed by atoms with van der Waals surface area (Å²) in [6, 6.07) is 5.83. The molecule has 0 amide bonds. The summed E-state index contributed by atoms with van der Waals surface area (Å²) in [5.41, 5.74) is 0.892. The number of hydrogen-bond donors (Lipinski definition) is 2. The molecule has 0 radical (unpaired) electrons. The van der Waals surface area contributed by atoms with Crippen LogP contribution in [0.1, 0.15) is 26.6 Å². The zero-order chi connectivity index (χ0) is 16.9. The second kappa shape index (κ2) is 9.16. The predicted octanol–water partition coefficient (Wildman–Crippen LogP) is 2.07. The van der Waals surface area contributed by atoms with Crippen molar-refractivity contribution in [2.75, 3.05) is 20.7 Å². The summed E-state index contributed by atoms with van der Waals surface area (Å²) in [6.07, 6.45) is 2.04. The predicted molar refractivity (Wildman–Crippen MR) is 107 cm³/mol. The Balaban J connectivity index is 0.00000288. The van der Waals surface area contributed by atoms with Crippen LogP contribution in [0.3, 0.4) is 0 Å². The summed E-state index contributed by atoms with van der Waals surface area (Å²) in [6.45, 7) is 7.68. The van der Waals surface area contributed by atoms with Crippen LogP contribution in [0, 0.1) is 5.41 Å². The van der Waals surface area contributed by atoms with E-state index in [2.05, 4.69) is 46.6 Å². The third-order valence-corrected chi connectivity index (χ3v) is 3.73. The molecule has 24 heavy (non-hydrogen) atoms. The average Bonchev–Trinajstić information content (AvgIpc) is 2.93. The van der Waals surface area contributed by atoms with Crippen LogP contribution in [0.2, 0.25) is 0 Å². The number of hydrogen-bond acceptors (Lipinski definition) is 4. The minimum absolute atomic E-state index is 0. The normalized spacial score (nSPS) is 13.5. The Morgan fingerprint density at radius 3 is 2.67 bits per heavy atom. The third-order valence-electron chi connectivity index (χ3n) is 3.73. The van der Waals surface area contributed by atoms with Gasteiger partial charge in [0.05, 0.1) is 12.6 Å². The molecule has 2 aromatic rings. The molecular weight excluding hydrogens is 419 g/mol. The SMILES string of the molecule is CN=C(NCc1nnc2ccccn12)NCC(OC)C(C)(C)C.I. The van der Waals surface area contributed by atoms with Gasteiger partial charge in [0.15, 0.2) is 17.4 Å². The third kappa shape index (κ3) is 5.30. The van der Waals surface area contributed by atoms with Gasteiger partial charge in [0.1, 0.15) is 0 Å². The van der Waals surface area contributed by atoms with Crippen LogP contribution >= 0.6 is 24.0 Å². The fraction of sp³-hybridized carbons (Fsp3) is 0.562. The first-order valence-electron chi connectivity index (χ1n) is 7.71. The molecule has 0 aliphatic rings. The lowest BCUT2D eigenvalue weighted by molar-refractivity contribution is 0.0205. The molecule has 2 aromatic heterocycles. The van der Waals surface area contributed by atoms with Gasteiger partial charge >= 0.3 is 0 Å². The second-order valence-electron chi connectivity index (χ2n) is 6.44. The highest BCUT2D eigenvalue weighted by Gasteiger charge is 2.24. The van der Waals surface area contributed by atoms with Crippen LogP contribution in [-0.2, 0) is 11.3 Å². The van der Waals surface area contributed by atoms with Gasteiger partial charge < -0.3 is 15.4 Å². The van der Waals surface area contributed by atoms with Crippen molar-refractivity contribution in [1.82, 2.24) is 25.2 Å². The fourth-order valence-corrected chi connectivity index (χ4v) is 2.33. The quantitative estimate of drug-likeness (QED) is 0.418. The van der Waals surface area contributed by atoms with E-state index in [1.807, 2.05) is 28.8 Å². The molecule has 7 nitrogen and oxygen atoms in total. The van der Waals surface area contributed by atoms with Crippen LogP contribution in [0.5, 0.6) is 0 Å². The van der Waals surface area contributed by atoms with Crippen molar-refractivity contribution < 1.29 is 4.74 Å². The Kier molecular flexibility index (Phi) is 7.88. The lowest BCUT2D eigenvalue weighted by Crippen LogP contribution is -2.45. The minimum Gasteiger partial charge on any atom is -0.379 e.